The van der Waals surface area contributed by atoms with Gasteiger partial charge < -0.3 is 20.9 Å². The Bertz CT molecular complexity index is 176. The van der Waals surface area contributed by atoms with Gasteiger partial charge in [0.05, 0.1) is 6.10 Å². The summed E-state index contributed by atoms with van der Waals surface area (Å²) in [5.74, 6) is 0.270. The molecule has 5 heteroatoms. The second-order valence-corrected chi connectivity index (χ2v) is 3.41. The van der Waals surface area contributed by atoms with Crippen LogP contribution in [0.25, 0.3) is 0 Å². The summed E-state index contributed by atoms with van der Waals surface area (Å²) in [5, 5.41) is 20.5. The second kappa shape index (κ2) is 5.04. The lowest BCUT2D eigenvalue weighted by Crippen LogP contribution is -2.37. The molecule has 0 aromatic carbocycles. The first-order valence-electron chi connectivity index (χ1n) is 4.59. The number of nitrogens with zero attached hydrogens (tertiary/aromatic N) is 2. The van der Waals surface area contributed by atoms with Crippen LogP contribution in [0, 0.1) is 0 Å². The summed E-state index contributed by atoms with van der Waals surface area (Å²) in [4.78, 5) is 2.21. The number of aliphatic hydroxyl groups excluding tert-OH is 1. The molecule has 0 aromatic heterocycles. The van der Waals surface area contributed by atoms with Crippen molar-refractivity contribution < 1.29 is 10.3 Å². The molecule has 1 fully saturated rings. The summed E-state index contributed by atoms with van der Waals surface area (Å²) >= 11 is 0. The summed E-state index contributed by atoms with van der Waals surface area (Å²) in [6, 6.07) is 0. The highest BCUT2D eigenvalue weighted by Gasteiger charge is 2.16. The molecule has 0 bridgehead atoms. The molecule has 0 atom stereocenters. The fourth-order valence-corrected chi connectivity index (χ4v) is 1.47. The van der Waals surface area contributed by atoms with E-state index in [1.165, 1.54) is 0 Å². The summed E-state index contributed by atoms with van der Waals surface area (Å²) in [6.07, 6.45) is 2.11. The number of rotatable bonds is 3. The number of oxime groups is 1. The van der Waals surface area contributed by atoms with E-state index in [9.17, 15) is 5.11 Å². The van der Waals surface area contributed by atoms with Crippen LogP contribution in [0.1, 0.15) is 19.3 Å². The zero-order valence-electron chi connectivity index (χ0n) is 7.69. The van der Waals surface area contributed by atoms with Gasteiger partial charge in [-0.05, 0) is 12.8 Å². The third-order valence-electron chi connectivity index (χ3n) is 2.37. The van der Waals surface area contributed by atoms with Crippen molar-refractivity contribution in [2.45, 2.75) is 25.4 Å². The SMILES string of the molecule is N/C(CCN1CCC(O)CC1)=N\O. The molecule has 0 radical (unpaired) electrons. The Balaban J connectivity index is 2.16. The van der Waals surface area contributed by atoms with Crippen LogP contribution < -0.4 is 5.73 Å². The van der Waals surface area contributed by atoms with Gasteiger partial charge in [0.25, 0.3) is 0 Å². The van der Waals surface area contributed by atoms with Crippen molar-refractivity contribution in [3.05, 3.63) is 0 Å². The molecule has 5 nitrogen and oxygen atoms in total. The minimum absolute atomic E-state index is 0.139. The highest BCUT2D eigenvalue weighted by molar-refractivity contribution is 5.79. The molecule has 76 valence electrons. The molecular formula is C8H17N3O2. The van der Waals surface area contributed by atoms with E-state index in [1.807, 2.05) is 0 Å². The zero-order valence-corrected chi connectivity index (χ0v) is 7.69. The maximum atomic E-state index is 9.24. The molecule has 0 aromatic rings. The van der Waals surface area contributed by atoms with Crippen molar-refractivity contribution in [1.82, 2.24) is 4.90 Å². The van der Waals surface area contributed by atoms with Crippen molar-refractivity contribution in [3.8, 4) is 0 Å². The Morgan fingerprint density at radius 1 is 1.46 bits per heavy atom. The molecule has 0 saturated carbocycles. The first kappa shape index (κ1) is 10.3. The van der Waals surface area contributed by atoms with Crippen LogP contribution in [0.3, 0.4) is 0 Å². The van der Waals surface area contributed by atoms with Crippen LogP contribution in [0.5, 0.6) is 0 Å². The Morgan fingerprint density at radius 3 is 2.62 bits per heavy atom. The van der Waals surface area contributed by atoms with E-state index in [4.69, 9.17) is 10.9 Å². The predicted octanol–water partition coefficient (Wildman–Crippen LogP) is -0.420. The van der Waals surface area contributed by atoms with Crippen LogP contribution in [-0.4, -0.2) is 46.8 Å². The molecule has 13 heavy (non-hydrogen) atoms. The van der Waals surface area contributed by atoms with Crippen LogP contribution in [0.15, 0.2) is 5.16 Å². The number of hydrogen-bond donors (Lipinski definition) is 3. The van der Waals surface area contributed by atoms with E-state index in [2.05, 4.69) is 10.1 Å². The molecule has 0 unspecified atom stereocenters. The van der Waals surface area contributed by atoms with Gasteiger partial charge in [0.15, 0.2) is 0 Å². The van der Waals surface area contributed by atoms with E-state index < -0.39 is 0 Å². The van der Waals surface area contributed by atoms with E-state index in [0.29, 0.717) is 6.42 Å². The molecular weight excluding hydrogens is 170 g/mol. The van der Waals surface area contributed by atoms with Crippen molar-refractivity contribution in [3.63, 3.8) is 0 Å². The topological polar surface area (TPSA) is 82.1 Å². The molecule has 0 amide bonds. The van der Waals surface area contributed by atoms with Gasteiger partial charge in [-0.3, -0.25) is 0 Å². The molecule has 4 N–H and O–H groups in total. The van der Waals surface area contributed by atoms with Gasteiger partial charge in [-0.25, -0.2) is 0 Å². The van der Waals surface area contributed by atoms with E-state index in [-0.39, 0.29) is 11.9 Å². The van der Waals surface area contributed by atoms with Gasteiger partial charge >= 0.3 is 0 Å². The Morgan fingerprint density at radius 2 is 2.08 bits per heavy atom. The monoisotopic (exact) mass is 187 g/mol. The maximum absolute atomic E-state index is 9.24. The molecule has 1 aliphatic heterocycles. The third kappa shape index (κ3) is 3.61. The molecule has 1 rings (SSSR count). The van der Waals surface area contributed by atoms with Crippen LogP contribution >= 0.6 is 0 Å². The normalized spacial score (nSPS) is 22.1. The quantitative estimate of drug-likeness (QED) is 0.242. The van der Waals surface area contributed by atoms with E-state index >= 15 is 0 Å². The van der Waals surface area contributed by atoms with Gasteiger partial charge in [0.1, 0.15) is 5.84 Å². The van der Waals surface area contributed by atoms with Crippen molar-refractivity contribution in [2.24, 2.45) is 10.9 Å². The number of piperidine rings is 1. The van der Waals surface area contributed by atoms with E-state index in [0.717, 1.165) is 32.5 Å². The Kier molecular flexibility index (Phi) is 3.98. The molecule has 1 saturated heterocycles. The maximum Gasteiger partial charge on any atom is 0.140 e. The number of aliphatic hydroxyl groups is 1. The lowest BCUT2D eigenvalue weighted by atomic mass is 10.1. The minimum Gasteiger partial charge on any atom is -0.409 e. The number of amidine groups is 1. The van der Waals surface area contributed by atoms with Crippen LogP contribution in [0.2, 0.25) is 0 Å². The Hall–Kier alpha value is -0.810. The first-order chi connectivity index (χ1) is 6.22. The lowest BCUT2D eigenvalue weighted by Gasteiger charge is -2.29. The fraction of sp³-hybridized carbons (Fsp3) is 0.875. The fourth-order valence-electron chi connectivity index (χ4n) is 1.47. The van der Waals surface area contributed by atoms with Gasteiger partial charge in [0.2, 0.25) is 0 Å². The van der Waals surface area contributed by atoms with Crippen LogP contribution in [-0.2, 0) is 0 Å². The molecule has 1 aliphatic rings. The molecule has 0 aliphatic carbocycles. The zero-order chi connectivity index (χ0) is 9.68. The average molecular weight is 187 g/mol. The summed E-state index contributed by atoms with van der Waals surface area (Å²) in [7, 11) is 0. The standard InChI is InChI=1S/C8H17N3O2/c9-8(10-13)3-6-11-4-1-7(12)2-5-11/h7,12-13H,1-6H2,(H2,9,10). The predicted molar refractivity (Wildman–Crippen MR) is 49.7 cm³/mol. The summed E-state index contributed by atoms with van der Waals surface area (Å²) in [5.41, 5.74) is 5.34. The van der Waals surface area contributed by atoms with Gasteiger partial charge in [-0.15, -0.1) is 0 Å². The third-order valence-corrected chi connectivity index (χ3v) is 2.37. The van der Waals surface area contributed by atoms with Crippen molar-refractivity contribution in [1.29, 1.82) is 0 Å². The van der Waals surface area contributed by atoms with Crippen molar-refractivity contribution >= 4 is 5.84 Å². The van der Waals surface area contributed by atoms with Gasteiger partial charge in [0, 0.05) is 26.1 Å². The Labute approximate surface area is 77.8 Å². The largest absolute Gasteiger partial charge is 0.409 e. The number of likely N-dealkylation sites (tertiary alicyclic amines) is 1. The summed E-state index contributed by atoms with van der Waals surface area (Å²) in [6.45, 7) is 2.61. The number of nitrogens with two attached hydrogens (primary N) is 1. The van der Waals surface area contributed by atoms with E-state index in [1.54, 1.807) is 0 Å². The smallest absolute Gasteiger partial charge is 0.140 e. The van der Waals surface area contributed by atoms with Gasteiger partial charge in [-0.2, -0.15) is 0 Å². The minimum atomic E-state index is -0.139. The first-order valence-corrected chi connectivity index (χ1v) is 4.59. The van der Waals surface area contributed by atoms with Crippen LogP contribution in [0.4, 0.5) is 0 Å². The highest BCUT2D eigenvalue weighted by Crippen LogP contribution is 2.09. The number of hydrogen-bond acceptors (Lipinski definition) is 4. The lowest BCUT2D eigenvalue weighted by molar-refractivity contribution is 0.0838. The van der Waals surface area contributed by atoms with Crippen molar-refractivity contribution in [2.75, 3.05) is 19.6 Å². The second-order valence-electron chi connectivity index (χ2n) is 3.41. The van der Waals surface area contributed by atoms with Gasteiger partial charge in [-0.1, -0.05) is 5.16 Å². The molecule has 0 spiro atoms. The summed E-state index contributed by atoms with van der Waals surface area (Å²) < 4.78 is 0. The molecule has 1 heterocycles. The average Bonchev–Trinajstić information content (AvgIpc) is 2.16. The highest BCUT2D eigenvalue weighted by atomic mass is 16.4.